The predicted molar refractivity (Wildman–Crippen MR) is 76.9 cm³/mol. The fourth-order valence-corrected chi connectivity index (χ4v) is 3.20. The second-order valence-corrected chi connectivity index (χ2v) is 5.63. The Kier molecular flexibility index (Phi) is 2.78. The van der Waals surface area contributed by atoms with Gasteiger partial charge in [0.05, 0.1) is 0 Å². The van der Waals surface area contributed by atoms with Crippen LogP contribution in [0.4, 0.5) is 5.95 Å². The van der Waals surface area contributed by atoms with Gasteiger partial charge in [-0.25, -0.2) is 0 Å². The van der Waals surface area contributed by atoms with Crippen LogP contribution >= 0.6 is 11.6 Å². The highest BCUT2D eigenvalue weighted by molar-refractivity contribution is 6.30. The van der Waals surface area contributed by atoms with Crippen LogP contribution in [0.2, 0.25) is 5.02 Å². The molecule has 21 heavy (non-hydrogen) atoms. The first-order chi connectivity index (χ1) is 10.2. The summed E-state index contributed by atoms with van der Waals surface area (Å²) in [5, 5.41) is 15.5. The number of fused-ring (bicyclic) bond motifs is 1. The van der Waals surface area contributed by atoms with E-state index in [-0.39, 0.29) is 11.8 Å². The van der Waals surface area contributed by atoms with Crippen LogP contribution in [-0.2, 0) is 4.79 Å². The molecule has 1 atom stereocenters. The molecule has 0 unspecified atom stereocenters. The van der Waals surface area contributed by atoms with Crippen LogP contribution in [0.5, 0.6) is 0 Å². The lowest BCUT2D eigenvalue weighted by atomic mass is 9.85. The lowest BCUT2D eigenvalue weighted by Crippen LogP contribution is -2.31. The van der Waals surface area contributed by atoms with E-state index in [4.69, 9.17) is 11.6 Å². The molecule has 6 nitrogen and oxygen atoms in total. The number of aromatic nitrogens is 4. The molecule has 106 valence electrons. The minimum Gasteiger partial charge on any atom is -0.326 e. The monoisotopic (exact) mass is 301 g/mol. The van der Waals surface area contributed by atoms with Gasteiger partial charge in [-0.3, -0.25) is 4.79 Å². The van der Waals surface area contributed by atoms with Gasteiger partial charge in [-0.1, -0.05) is 28.8 Å². The van der Waals surface area contributed by atoms with Crippen molar-refractivity contribution in [3.8, 4) is 0 Å². The molecule has 0 radical (unpaired) electrons. The van der Waals surface area contributed by atoms with E-state index in [1.165, 1.54) is 0 Å². The van der Waals surface area contributed by atoms with Crippen molar-refractivity contribution < 1.29 is 4.79 Å². The number of tetrazole rings is 1. The Labute approximate surface area is 125 Å². The summed E-state index contributed by atoms with van der Waals surface area (Å²) in [6.07, 6.45) is 2.26. The van der Waals surface area contributed by atoms with Crippen molar-refractivity contribution in [2.75, 3.05) is 5.32 Å². The number of hydrogen-bond donors (Lipinski definition) is 1. The Morgan fingerprint density at radius 2 is 2.24 bits per heavy atom. The van der Waals surface area contributed by atoms with Gasteiger partial charge in [-0.2, -0.15) is 4.68 Å². The molecule has 1 aromatic heterocycles. The van der Waals surface area contributed by atoms with Crippen LogP contribution in [0.25, 0.3) is 0 Å². The Morgan fingerprint density at radius 1 is 1.33 bits per heavy atom. The van der Waals surface area contributed by atoms with E-state index in [1.807, 2.05) is 24.3 Å². The molecule has 0 bridgehead atoms. The summed E-state index contributed by atoms with van der Waals surface area (Å²) in [5.74, 6) is 0.711. The summed E-state index contributed by atoms with van der Waals surface area (Å²) in [4.78, 5) is 12.4. The van der Waals surface area contributed by atoms with E-state index in [9.17, 15) is 4.79 Å². The molecule has 4 rings (SSSR count). The van der Waals surface area contributed by atoms with Crippen LogP contribution < -0.4 is 5.32 Å². The van der Waals surface area contributed by atoms with E-state index in [0.717, 1.165) is 29.7 Å². The minimum atomic E-state index is -0.308. The van der Waals surface area contributed by atoms with Gasteiger partial charge in [0.25, 0.3) is 0 Å². The fourth-order valence-electron chi connectivity index (χ4n) is 3.00. The Bertz CT molecular complexity index is 766. The molecule has 1 aliphatic heterocycles. The molecular weight excluding hydrogens is 290 g/mol. The first kappa shape index (κ1) is 12.5. The lowest BCUT2D eigenvalue weighted by molar-refractivity contribution is -0.116. The van der Waals surface area contributed by atoms with Crippen molar-refractivity contribution in [2.45, 2.75) is 25.3 Å². The number of carbonyl (C=O) groups excluding carboxylic acids is 1. The highest BCUT2D eigenvalue weighted by Gasteiger charge is 2.36. The van der Waals surface area contributed by atoms with Crippen molar-refractivity contribution in [3.63, 3.8) is 0 Å². The van der Waals surface area contributed by atoms with Gasteiger partial charge in [0.1, 0.15) is 6.04 Å². The van der Waals surface area contributed by atoms with Gasteiger partial charge in [-0.05, 0) is 41.0 Å². The summed E-state index contributed by atoms with van der Waals surface area (Å²) in [5.41, 5.74) is 2.60. The first-order valence-electron chi connectivity index (χ1n) is 6.80. The highest BCUT2D eigenvalue weighted by atomic mass is 35.5. The van der Waals surface area contributed by atoms with Gasteiger partial charge >= 0.3 is 0 Å². The first-order valence-corrected chi connectivity index (χ1v) is 7.18. The van der Waals surface area contributed by atoms with E-state index >= 15 is 0 Å². The summed E-state index contributed by atoms with van der Waals surface area (Å²) >= 11 is 6.10. The van der Waals surface area contributed by atoms with Crippen molar-refractivity contribution in [1.29, 1.82) is 0 Å². The summed E-state index contributed by atoms with van der Waals surface area (Å²) in [6, 6.07) is 7.18. The number of carbonyl (C=O) groups is 1. The van der Waals surface area contributed by atoms with Gasteiger partial charge in [0.15, 0.2) is 5.78 Å². The zero-order valence-electron chi connectivity index (χ0n) is 11.1. The second kappa shape index (κ2) is 4.66. The number of nitrogens with one attached hydrogen (secondary N) is 1. The number of benzene rings is 1. The van der Waals surface area contributed by atoms with Crippen molar-refractivity contribution >= 4 is 23.3 Å². The van der Waals surface area contributed by atoms with Crippen LogP contribution in [-0.4, -0.2) is 26.0 Å². The largest absolute Gasteiger partial charge is 0.326 e. The topological polar surface area (TPSA) is 72.7 Å². The van der Waals surface area contributed by atoms with E-state index in [0.29, 0.717) is 17.4 Å². The molecule has 7 heteroatoms. The minimum absolute atomic E-state index is 0.148. The maximum Gasteiger partial charge on any atom is 0.248 e. The van der Waals surface area contributed by atoms with Crippen molar-refractivity contribution in [3.05, 3.63) is 46.1 Å². The average molecular weight is 302 g/mol. The molecule has 0 saturated carbocycles. The molecule has 1 N–H and O–H groups in total. The highest BCUT2D eigenvalue weighted by Crippen LogP contribution is 2.39. The van der Waals surface area contributed by atoms with E-state index in [2.05, 4.69) is 20.8 Å². The Hall–Kier alpha value is -2.21. The number of allylic oxidation sites excluding steroid dienone is 2. The van der Waals surface area contributed by atoms with E-state index < -0.39 is 0 Å². The number of hydrogen-bond acceptors (Lipinski definition) is 5. The molecule has 0 amide bonds. The van der Waals surface area contributed by atoms with Crippen molar-refractivity contribution in [2.24, 2.45) is 0 Å². The molecule has 0 spiro atoms. The second-order valence-electron chi connectivity index (χ2n) is 5.20. The summed E-state index contributed by atoms with van der Waals surface area (Å²) < 4.78 is 1.65. The number of anilines is 1. The third-order valence-corrected chi connectivity index (χ3v) is 4.13. The Morgan fingerprint density at radius 3 is 3.10 bits per heavy atom. The van der Waals surface area contributed by atoms with Crippen LogP contribution in [0.3, 0.4) is 0 Å². The molecule has 2 heterocycles. The standard InChI is InChI=1S/C14H12ClN5O/c15-9-4-1-3-8(7-9)13-12-10(5-2-6-11(12)21)16-14-17-18-19-20(13)14/h1,3-4,7,13H,2,5-6H2,(H,16,17,19)/t13-/m1/s1. The molecule has 0 fully saturated rings. The van der Waals surface area contributed by atoms with Gasteiger partial charge < -0.3 is 5.32 Å². The lowest BCUT2D eigenvalue weighted by Gasteiger charge is -2.31. The molecular formula is C14H12ClN5O. The predicted octanol–water partition coefficient (Wildman–Crippen LogP) is 2.35. The molecule has 2 aliphatic rings. The molecule has 1 aliphatic carbocycles. The van der Waals surface area contributed by atoms with Gasteiger partial charge in [-0.15, -0.1) is 0 Å². The molecule has 1 aromatic carbocycles. The molecule has 2 aromatic rings. The zero-order valence-corrected chi connectivity index (χ0v) is 11.8. The van der Waals surface area contributed by atoms with Crippen LogP contribution in [0.15, 0.2) is 35.5 Å². The number of ketones is 1. The smallest absolute Gasteiger partial charge is 0.248 e. The number of halogens is 1. The fraction of sp³-hybridized carbons (Fsp3) is 0.286. The van der Waals surface area contributed by atoms with Crippen LogP contribution in [0, 0.1) is 0 Å². The third kappa shape index (κ3) is 1.94. The SMILES string of the molecule is O=C1CCCC2=C1[C@@H](c1cccc(Cl)c1)n1nnnc1N2. The van der Waals surface area contributed by atoms with Crippen molar-refractivity contribution in [1.82, 2.24) is 20.2 Å². The number of rotatable bonds is 1. The zero-order chi connectivity index (χ0) is 14.4. The van der Waals surface area contributed by atoms with Gasteiger partial charge in [0.2, 0.25) is 5.95 Å². The maximum absolute atomic E-state index is 12.4. The quantitative estimate of drug-likeness (QED) is 0.875. The molecule has 0 saturated heterocycles. The average Bonchev–Trinajstić information content (AvgIpc) is 2.93. The number of Topliss-reactive ketones (excluding diaryl/α,β-unsaturated/α-hetero) is 1. The summed E-state index contributed by atoms with van der Waals surface area (Å²) in [7, 11) is 0. The van der Waals surface area contributed by atoms with Gasteiger partial charge in [0, 0.05) is 22.7 Å². The third-order valence-electron chi connectivity index (χ3n) is 3.89. The van der Waals surface area contributed by atoms with Crippen LogP contribution in [0.1, 0.15) is 30.9 Å². The summed E-state index contributed by atoms with van der Waals surface area (Å²) in [6.45, 7) is 0. The van der Waals surface area contributed by atoms with E-state index in [1.54, 1.807) is 4.68 Å². The normalized spacial score (nSPS) is 20.8. The Balaban J connectivity index is 1.93. The number of nitrogens with zero attached hydrogens (tertiary/aromatic N) is 4. The maximum atomic E-state index is 12.4.